The quantitative estimate of drug-likeness (QED) is 0.928. The fourth-order valence-electron chi connectivity index (χ4n) is 2.35. The van der Waals surface area contributed by atoms with Crippen LogP contribution in [-0.2, 0) is 13.0 Å². The number of urea groups is 1. The van der Waals surface area contributed by atoms with Crippen molar-refractivity contribution >= 4 is 28.9 Å². The van der Waals surface area contributed by atoms with Crippen molar-refractivity contribution in [1.29, 1.82) is 0 Å². The number of thiophene rings is 1. The second-order valence-electron chi connectivity index (χ2n) is 5.27. The lowest BCUT2D eigenvalue weighted by Crippen LogP contribution is -2.38. The van der Waals surface area contributed by atoms with E-state index in [1.807, 2.05) is 36.0 Å². The molecule has 0 bridgehead atoms. The molecule has 1 N–H and O–H groups in total. The number of amides is 2. The van der Waals surface area contributed by atoms with Crippen LogP contribution in [0.3, 0.4) is 0 Å². The molecule has 1 aliphatic rings. The zero-order valence-electron chi connectivity index (χ0n) is 12.2. The average molecular weight is 302 g/mol. The highest BCUT2D eigenvalue weighted by atomic mass is 32.1. The van der Waals surface area contributed by atoms with Crippen molar-refractivity contribution in [1.82, 2.24) is 9.88 Å². The number of nitrogens with one attached hydrogen (secondary N) is 1. The molecule has 0 saturated carbocycles. The number of carbonyl (C=O) groups excluding carboxylic acids is 1. The summed E-state index contributed by atoms with van der Waals surface area (Å²) in [6, 6.07) is 5.81. The molecule has 0 aliphatic carbocycles. The van der Waals surface area contributed by atoms with Crippen LogP contribution >= 0.6 is 11.3 Å². The van der Waals surface area contributed by atoms with Gasteiger partial charge in [-0.15, -0.1) is 11.3 Å². The smallest absolute Gasteiger partial charge is 0.322 e. The Kier molecular flexibility index (Phi) is 3.79. The Morgan fingerprint density at radius 1 is 1.38 bits per heavy atom. The first-order valence-corrected chi connectivity index (χ1v) is 7.76. The number of carbonyl (C=O) groups is 1. The van der Waals surface area contributed by atoms with Crippen molar-refractivity contribution in [2.45, 2.75) is 13.0 Å². The number of hydrogen-bond donors (Lipinski definition) is 1. The van der Waals surface area contributed by atoms with Crippen molar-refractivity contribution in [3.63, 3.8) is 0 Å². The molecule has 0 radical (unpaired) electrons. The number of anilines is 2. The van der Waals surface area contributed by atoms with Gasteiger partial charge < -0.3 is 15.1 Å². The van der Waals surface area contributed by atoms with Gasteiger partial charge in [0.05, 0.1) is 11.9 Å². The summed E-state index contributed by atoms with van der Waals surface area (Å²) in [7, 11) is 3.87. The lowest BCUT2D eigenvalue weighted by atomic mass is 10.1. The molecular formula is C15H18N4OS. The third-order valence-electron chi connectivity index (χ3n) is 3.55. The standard InChI is InChI=1S/C15H18N4OS/c1-18(2)14-4-3-12(9-16-14)17-15(20)19-7-5-13-11(10-19)6-8-21-13/h3-4,6,8-9H,5,7,10H2,1-2H3,(H,17,20). The Hall–Kier alpha value is -2.08. The summed E-state index contributed by atoms with van der Waals surface area (Å²) in [4.78, 5) is 21.8. The van der Waals surface area contributed by atoms with Crippen molar-refractivity contribution in [2.75, 3.05) is 30.9 Å². The first-order valence-electron chi connectivity index (χ1n) is 6.88. The Balaban J connectivity index is 1.64. The largest absolute Gasteiger partial charge is 0.363 e. The highest BCUT2D eigenvalue weighted by Crippen LogP contribution is 2.24. The summed E-state index contributed by atoms with van der Waals surface area (Å²) in [6.45, 7) is 1.45. The van der Waals surface area contributed by atoms with E-state index in [1.165, 1.54) is 10.4 Å². The van der Waals surface area contributed by atoms with Crippen molar-refractivity contribution in [2.24, 2.45) is 0 Å². The van der Waals surface area contributed by atoms with Gasteiger partial charge in [0.25, 0.3) is 0 Å². The van der Waals surface area contributed by atoms with Crippen molar-refractivity contribution in [3.8, 4) is 0 Å². The first kappa shape index (κ1) is 13.9. The molecule has 2 aromatic heterocycles. The Morgan fingerprint density at radius 3 is 2.95 bits per heavy atom. The van der Waals surface area contributed by atoms with Gasteiger partial charge in [0, 0.05) is 32.1 Å². The van der Waals surface area contributed by atoms with Crippen LogP contribution in [0.2, 0.25) is 0 Å². The minimum absolute atomic E-state index is 0.0637. The number of hydrogen-bond acceptors (Lipinski definition) is 4. The van der Waals surface area contributed by atoms with Crippen LogP contribution in [0.5, 0.6) is 0 Å². The SMILES string of the molecule is CN(C)c1ccc(NC(=O)N2CCc3sccc3C2)cn1. The second-order valence-corrected chi connectivity index (χ2v) is 6.27. The molecular weight excluding hydrogens is 284 g/mol. The third-order valence-corrected chi connectivity index (χ3v) is 4.58. The van der Waals surface area contributed by atoms with Gasteiger partial charge >= 0.3 is 6.03 Å². The molecule has 0 unspecified atom stereocenters. The maximum Gasteiger partial charge on any atom is 0.322 e. The van der Waals surface area contributed by atoms with Crippen LogP contribution in [0.1, 0.15) is 10.4 Å². The molecule has 21 heavy (non-hydrogen) atoms. The van der Waals surface area contributed by atoms with Gasteiger partial charge in [0.2, 0.25) is 0 Å². The van der Waals surface area contributed by atoms with Crippen LogP contribution in [0, 0.1) is 0 Å². The lowest BCUT2D eigenvalue weighted by Gasteiger charge is -2.27. The van der Waals surface area contributed by atoms with Gasteiger partial charge in [-0.1, -0.05) is 0 Å². The fraction of sp³-hybridized carbons (Fsp3) is 0.333. The molecule has 0 atom stereocenters. The molecule has 0 aromatic carbocycles. The van der Waals surface area contributed by atoms with E-state index in [2.05, 4.69) is 21.7 Å². The molecule has 5 nitrogen and oxygen atoms in total. The van der Waals surface area contributed by atoms with Gasteiger partial charge in [-0.25, -0.2) is 9.78 Å². The van der Waals surface area contributed by atoms with Gasteiger partial charge in [-0.3, -0.25) is 0 Å². The summed E-state index contributed by atoms with van der Waals surface area (Å²) < 4.78 is 0. The lowest BCUT2D eigenvalue weighted by molar-refractivity contribution is 0.207. The van der Waals surface area contributed by atoms with Crippen LogP contribution in [0.15, 0.2) is 29.8 Å². The summed E-state index contributed by atoms with van der Waals surface area (Å²) in [5.41, 5.74) is 1.99. The van der Waals surface area contributed by atoms with E-state index >= 15 is 0 Å². The number of nitrogens with zero attached hydrogens (tertiary/aromatic N) is 3. The summed E-state index contributed by atoms with van der Waals surface area (Å²) in [5.74, 6) is 0.869. The number of fused-ring (bicyclic) bond motifs is 1. The molecule has 0 saturated heterocycles. The summed E-state index contributed by atoms with van der Waals surface area (Å²) in [6.07, 6.45) is 2.63. The summed E-state index contributed by atoms with van der Waals surface area (Å²) in [5, 5.41) is 5.00. The van der Waals surface area contributed by atoms with E-state index in [-0.39, 0.29) is 6.03 Å². The highest BCUT2D eigenvalue weighted by molar-refractivity contribution is 7.10. The highest BCUT2D eigenvalue weighted by Gasteiger charge is 2.21. The maximum atomic E-state index is 12.3. The molecule has 2 amide bonds. The first-order chi connectivity index (χ1) is 10.1. The van der Waals surface area contributed by atoms with E-state index in [1.54, 1.807) is 17.5 Å². The Morgan fingerprint density at radius 2 is 2.24 bits per heavy atom. The monoisotopic (exact) mass is 302 g/mol. The number of rotatable bonds is 2. The molecule has 0 spiro atoms. The van der Waals surface area contributed by atoms with E-state index < -0.39 is 0 Å². The predicted octanol–water partition coefficient (Wildman–Crippen LogP) is 2.80. The molecule has 1 aliphatic heterocycles. The second kappa shape index (κ2) is 5.73. The van der Waals surface area contributed by atoms with Gasteiger partial charge in [0.15, 0.2) is 0 Å². The van der Waals surface area contributed by atoms with Crippen LogP contribution in [-0.4, -0.2) is 36.6 Å². The molecule has 3 heterocycles. The van der Waals surface area contributed by atoms with Gasteiger partial charge in [0.1, 0.15) is 5.82 Å². The molecule has 0 fully saturated rings. The van der Waals surface area contributed by atoms with Crippen LogP contribution in [0.25, 0.3) is 0 Å². The zero-order valence-corrected chi connectivity index (χ0v) is 13.0. The molecule has 6 heteroatoms. The van der Waals surface area contributed by atoms with E-state index in [9.17, 15) is 4.79 Å². The Labute approximate surface area is 128 Å². The Bertz CT molecular complexity index is 635. The fourth-order valence-corrected chi connectivity index (χ4v) is 3.24. The van der Waals surface area contributed by atoms with Crippen LogP contribution in [0.4, 0.5) is 16.3 Å². The van der Waals surface area contributed by atoms with Crippen molar-refractivity contribution in [3.05, 3.63) is 40.2 Å². The zero-order chi connectivity index (χ0) is 14.8. The molecule has 2 aromatic rings. The van der Waals surface area contributed by atoms with E-state index in [4.69, 9.17) is 0 Å². The van der Waals surface area contributed by atoms with Gasteiger partial charge in [-0.05, 0) is 35.6 Å². The molecule has 3 rings (SSSR count). The normalized spacial score (nSPS) is 13.7. The van der Waals surface area contributed by atoms with E-state index in [0.29, 0.717) is 6.54 Å². The number of aromatic nitrogens is 1. The third kappa shape index (κ3) is 3.00. The minimum Gasteiger partial charge on any atom is -0.363 e. The van der Waals surface area contributed by atoms with E-state index in [0.717, 1.165) is 24.5 Å². The van der Waals surface area contributed by atoms with Crippen molar-refractivity contribution < 1.29 is 4.79 Å². The number of pyridine rings is 1. The van der Waals surface area contributed by atoms with Crippen LogP contribution < -0.4 is 10.2 Å². The topological polar surface area (TPSA) is 48.5 Å². The predicted molar refractivity (Wildman–Crippen MR) is 86.0 cm³/mol. The average Bonchev–Trinajstić information content (AvgIpc) is 2.95. The molecule has 110 valence electrons. The maximum absolute atomic E-state index is 12.3. The summed E-state index contributed by atoms with van der Waals surface area (Å²) >= 11 is 1.77. The minimum atomic E-state index is -0.0637. The van der Waals surface area contributed by atoms with Gasteiger partial charge in [-0.2, -0.15) is 0 Å².